The Morgan fingerprint density at radius 1 is 1.23 bits per heavy atom. The highest BCUT2D eigenvalue weighted by Gasteiger charge is 2.40. The van der Waals surface area contributed by atoms with E-state index in [1.807, 2.05) is 30.5 Å². The number of carbonyl (C=O) groups excluding carboxylic acids is 1. The summed E-state index contributed by atoms with van der Waals surface area (Å²) in [5.41, 5.74) is 0.850. The van der Waals surface area contributed by atoms with Crippen LogP contribution in [0.5, 0.6) is 5.75 Å². The van der Waals surface area contributed by atoms with Crippen LogP contribution in [0.2, 0.25) is 0 Å². The predicted molar refractivity (Wildman–Crippen MR) is 135 cm³/mol. The van der Waals surface area contributed by atoms with Gasteiger partial charge in [0.05, 0.1) is 11.5 Å². The maximum Gasteiger partial charge on any atom is 0.326 e. The zero-order valence-corrected chi connectivity index (χ0v) is 20.6. The summed E-state index contributed by atoms with van der Waals surface area (Å²) in [5.74, 6) is 0.0828. The van der Waals surface area contributed by atoms with E-state index in [9.17, 15) is 14.7 Å². The second-order valence-corrected chi connectivity index (χ2v) is 10.0. The summed E-state index contributed by atoms with van der Waals surface area (Å²) in [7, 11) is 0. The molecule has 0 bridgehead atoms. The van der Waals surface area contributed by atoms with Gasteiger partial charge < -0.3 is 9.84 Å². The fourth-order valence-corrected chi connectivity index (χ4v) is 5.04. The van der Waals surface area contributed by atoms with Gasteiger partial charge in [-0.1, -0.05) is 75.1 Å². The zero-order valence-electron chi connectivity index (χ0n) is 18.2. The van der Waals surface area contributed by atoms with E-state index in [1.165, 1.54) is 37.0 Å². The van der Waals surface area contributed by atoms with Crippen LogP contribution < -0.4 is 4.74 Å². The van der Waals surface area contributed by atoms with Crippen molar-refractivity contribution in [2.24, 2.45) is 0 Å². The van der Waals surface area contributed by atoms with Crippen LogP contribution in [0, 0.1) is 0 Å². The van der Waals surface area contributed by atoms with Crippen LogP contribution in [0.3, 0.4) is 0 Å². The van der Waals surface area contributed by atoms with Gasteiger partial charge in [0.25, 0.3) is 5.91 Å². The minimum Gasteiger partial charge on any atom is -0.494 e. The van der Waals surface area contributed by atoms with Crippen molar-refractivity contribution >= 4 is 58.0 Å². The number of carbonyl (C=O) groups is 2. The molecule has 0 aliphatic carbocycles. The molecule has 170 valence electrons. The molecular weight excluding hydrogens is 450 g/mol. The van der Waals surface area contributed by atoms with Crippen molar-refractivity contribution in [1.82, 2.24) is 4.90 Å². The van der Waals surface area contributed by atoms with E-state index >= 15 is 0 Å². The molecule has 31 heavy (non-hydrogen) atoms. The molecule has 2 rings (SSSR count). The molecular formula is C23H31NO4S3. The zero-order chi connectivity index (χ0) is 22.6. The molecule has 1 aliphatic rings. The van der Waals surface area contributed by atoms with E-state index in [0.29, 0.717) is 28.0 Å². The molecule has 1 amide bonds. The summed E-state index contributed by atoms with van der Waals surface area (Å²) >= 11 is 8.01. The Morgan fingerprint density at radius 2 is 1.90 bits per heavy atom. The summed E-state index contributed by atoms with van der Waals surface area (Å²) < 4.78 is 6.09. The van der Waals surface area contributed by atoms with Gasteiger partial charge in [0.2, 0.25) is 0 Å². The van der Waals surface area contributed by atoms with E-state index in [2.05, 4.69) is 6.92 Å². The molecule has 1 saturated heterocycles. The second kappa shape index (κ2) is 13.8. The van der Waals surface area contributed by atoms with Crippen LogP contribution in [-0.2, 0) is 9.59 Å². The third-order valence-electron chi connectivity index (χ3n) is 4.96. The molecule has 0 radical (unpaired) electrons. The Labute approximate surface area is 199 Å². The van der Waals surface area contributed by atoms with Crippen molar-refractivity contribution in [3.8, 4) is 5.75 Å². The topological polar surface area (TPSA) is 66.8 Å². The molecule has 8 heteroatoms. The maximum atomic E-state index is 12.8. The Hall–Kier alpha value is -1.51. The average Bonchev–Trinajstić information content (AvgIpc) is 3.02. The number of ether oxygens (including phenoxy) is 1. The Kier molecular flexibility index (Phi) is 11.5. The smallest absolute Gasteiger partial charge is 0.326 e. The van der Waals surface area contributed by atoms with Crippen LogP contribution in [0.1, 0.15) is 57.4 Å². The van der Waals surface area contributed by atoms with E-state index in [1.54, 1.807) is 17.8 Å². The lowest BCUT2D eigenvalue weighted by Crippen LogP contribution is -2.44. The lowest BCUT2D eigenvalue weighted by Gasteiger charge is -2.22. The van der Waals surface area contributed by atoms with Gasteiger partial charge in [-0.05, 0) is 48.6 Å². The maximum absolute atomic E-state index is 12.8. The largest absolute Gasteiger partial charge is 0.494 e. The van der Waals surface area contributed by atoms with Crippen LogP contribution >= 0.6 is 35.7 Å². The van der Waals surface area contributed by atoms with Crippen molar-refractivity contribution in [2.45, 2.75) is 57.9 Å². The third kappa shape index (κ3) is 8.16. The van der Waals surface area contributed by atoms with Crippen molar-refractivity contribution in [3.63, 3.8) is 0 Å². The van der Waals surface area contributed by atoms with Crippen molar-refractivity contribution in [2.75, 3.05) is 18.6 Å². The lowest BCUT2D eigenvalue weighted by atomic mass is 10.1. The average molecular weight is 482 g/mol. The molecule has 0 aromatic heterocycles. The summed E-state index contributed by atoms with van der Waals surface area (Å²) in [6.07, 6.45) is 11.4. The first kappa shape index (κ1) is 25.7. The van der Waals surface area contributed by atoms with Gasteiger partial charge in [-0.15, -0.1) is 0 Å². The molecule has 1 aliphatic heterocycles. The molecule has 1 atom stereocenters. The number of benzene rings is 1. The summed E-state index contributed by atoms with van der Waals surface area (Å²) in [5, 5.41) is 9.54. The summed E-state index contributed by atoms with van der Waals surface area (Å²) in [4.78, 5) is 26.2. The van der Waals surface area contributed by atoms with Gasteiger partial charge in [0.1, 0.15) is 16.1 Å². The van der Waals surface area contributed by atoms with Gasteiger partial charge >= 0.3 is 5.97 Å². The van der Waals surface area contributed by atoms with Crippen LogP contribution in [0.25, 0.3) is 6.08 Å². The standard InChI is InChI=1S/C23H31NO4S3/c1-3-4-5-6-7-8-14-28-18-11-9-17(10-12-18)16-20-21(25)24(23(29)31-20)19(22(26)27)13-15-30-2/h9-12,16,19H,3-8,13-15H2,1-2H3,(H,26,27)/b20-16+. The predicted octanol–water partition coefficient (Wildman–Crippen LogP) is 5.83. The molecule has 1 N–H and O–H groups in total. The number of thiocarbonyl (C=S) groups is 1. The highest BCUT2D eigenvalue weighted by atomic mass is 32.2. The molecule has 0 saturated carbocycles. The van der Waals surface area contributed by atoms with E-state index in [4.69, 9.17) is 17.0 Å². The Balaban J connectivity index is 1.92. The number of nitrogens with zero attached hydrogens (tertiary/aromatic N) is 1. The van der Waals surface area contributed by atoms with Gasteiger partial charge in [0, 0.05) is 0 Å². The number of thioether (sulfide) groups is 2. The molecule has 1 aromatic carbocycles. The minimum absolute atomic E-state index is 0.295. The van der Waals surface area contributed by atoms with Gasteiger partial charge in [-0.3, -0.25) is 9.69 Å². The number of carboxylic acids is 1. The van der Waals surface area contributed by atoms with Gasteiger partial charge in [-0.2, -0.15) is 11.8 Å². The monoisotopic (exact) mass is 481 g/mol. The van der Waals surface area contributed by atoms with E-state index in [0.717, 1.165) is 29.5 Å². The van der Waals surface area contributed by atoms with E-state index < -0.39 is 12.0 Å². The molecule has 1 fully saturated rings. The quantitative estimate of drug-likeness (QED) is 0.204. The van der Waals surface area contributed by atoms with Crippen molar-refractivity contribution < 1.29 is 19.4 Å². The molecule has 1 heterocycles. The van der Waals surface area contributed by atoms with Crippen molar-refractivity contribution in [3.05, 3.63) is 34.7 Å². The third-order valence-corrected chi connectivity index (χ3v) is 6.93. The van der Waals surface area contributed by atoms with Crippen molar-refractivity contribution in [1.29, 1.82) is 0 Å². The lowest BCUT2D eigenvalue weighted by molar-refractivity contribution is -0.145. The molecule has 5 nitrogen and oxygen atoms in total. The fourth-order valence-electron chi connectivity index (χ4n) is 3.23. The highest BCUT2D eigenvalue weighted by molar-refractivity contribution is 8.26. The number of rotatable bonds is 14. The Morgan fingerprint density at radius 3 is 2.55 bits per heavy atom. The minimum atomic E-state index is -1.03. The normalized spacial score (nSPS) is 16.2. The first-order valence-electron chi connectivity index (χ1n) is 10.7. The summed E-state index contributed by atoms with van der Waals surface area (Å²) in [6, 6.07) is 6.64. The first-order valence-corrected chi connectivity index (χ1v) is 13.3. The number of unbranched alkanes of at least 4 members (excludes halogenated alkanes) is 5. The van der Waals surface area contributed by atoms with Crippen LogP contribution in [0.15, 0.2) is 29.2 Å². The molecule has 1 unspecified atom stereocenters. The van der Waals surface area contributed by atoms with Gasteiger partial charge in [0.15, 0.2) is 0 Å². The summed E-state index contributed by atoms with van der Waals surface area (Å²) in [6.45, 7) is 2.92. The van der Waals surface area contributed by atoms with Gasteiger partial charge in [-0.25, -0.2) is 4.79 Å². The number of carboxylic acid groups (broad SMARTS) is 1. The SMILES string of the molecule is CCCCCCCCOc1ccc(/C=C2/SC(=S)N(C(CCSC)C(=O)O)C2=O)cc1. The number of aliphatic carboxylic acids is 1. The van der Waals surface area contributed by atoms with Crippen LogP contribution in [0.4, 0.5) is 0 Å². The fraction of sp³-hybridized carbons (Fsp3) is 0.522. The second-order valence-electron chi connectivity index (χ2n) is 7.37. The molecule has 0 spiro atoms. The molecule has 1 aromatic rings. The van der Waals surface area contributed by atoms with E-state index in [-0.39, 0.29) is 5.91 Å². The number of hydrogen-bond acceptors (Lipinski definition) is 6. The highest BCUT2D eigenvalue weighted by Crippen LogP contribution is 2.35. The Bertz CT molecular complexity index is 780. The van der Waals surface area contributed by atoms with Crippen LogP contribution in [-0.4, -0.2) is 50.9 Å². The number of hydrogen-bond donors (Lipinski definition) is 1. The number of amides is 1. The first-order chi connectivity index (χ1) is 15.0.